The van der Waals surface area contributed by atoms with Gasteiger partial charge in [0.15, 0.2) is 11.5 Å². The summed E-state index contributed by atoms with van der Waals surface area (Å²) in [6.07, 6.45) is 1.56. The van der Waals surface area contributed by atoms with Gasteiger partial charge in [-0.15, -0.1) is 0 Å². The Morgan fingerprint density at radius 1 is 1.15 bits per heavy atom. The fourth-order valence-electron chi connectivity index (χ4n) is 3.23. The van der Waals surface area contributed by atoms with E-state index in [1.54, 1.807) is 12.1 Å². The topological polar surface area (TPSA) is 71.3 Å². The molecule has 5 nitrogen and oxygen atoms in total. The molecule has 0 aliphatic heterocycles. The van der Waals surface area contributed by atoms with Gasteiger partial charge in [0.1, 0.15) is 18.2 Å². The molecule has 0 radical (unpaired) electrons. The number of nitriles is 1. The molecular formula is C27H24ClIN2O3. The molecule has 0 heterocycles. The summed E-state index contributed by atoms with van der Waals surface area (Å²) in [6.45, 7) is 4.56. The number of hydrogen-bond acceptors (Lipinski definition) is 4. The summed E-state index contributed by atoms with van der Waals surface area (Å²) in [5.74, 6) is 0.718. The number of carbonyl (C=O) groups excluding carboxylic acids is 1. The van der Waals surface area contributed by atoms with Crippen LogP contribution in [0.5, 0.6) is 11.5 Å². The minimum atomic E-state index is -0.435. The van der Waals surface area contributed by atoms with Crippen LogP contribution in [0.25, 0.3) is 6.08 Å². The van der Waals surface area contributed by atoms with Gasteiger partial charge < -0.3 is 14.8 Å². The molecule has 0 unspecified atom stereocenters. The van der Waals surface area contributed by atoms with Crippen molar-refractivity contribution in [1.82, 2.24) is 5.32 Å². The Labute approximate surface area is 218 Å². The smallest absolute Gasteiger partial charge is 0.262 e. The van der Waals surface area contributed by atoms with Crippen molar-refractivity contribution in [2.45, 2.75) is 26.5 Å². The van der Waals surface area contributed by atoms with Crippen LogP contribution in [0.3, 0.4) is 0 Å². The molecule has 3 aromatic rings. The molecule has 0 aliphatic carbocycles. The number of hydrogen-bond donors (Lipinski definition) is 1. The van der Waals surface area contributed by atoms with Crippen LogP contribution in [0.2, 0.25) is 5.02 Å². The lowest BCUT2D eigenvalue weighted by atomic mass is 10.1. The van der Waals surface area contributed by atoms with Gasteiger partial charge in [-0.05, 0) is 83.5 Å². The maximum atomic E-state index is 12.7. The average Bonchev–Trinajstić information content (AvgIpc) is 2.83. The average molecular weight is 587 g/mol. The zero-order chi connectivity index (χ0) is 24.5. The summed E-state index contributed by atoms with van der Waals surface area (Å²) in [5, 5.41) is 13.2. The van der Waals surface area contributed by atoms with Gasteiger partial charge in [0.05, 0.1) is 16.2 Å². The van der Waals surface area contributed by atoms with Crippen LogP contribution in [0.15, 0.2) is 72.3 Å². The zero-order valence-corrected chi connectivity index (χ0v) is 21.8. The van der Waals surface area contributed by atoms with Crippen molar-refractivity contribution < 1.29 is 14.3 Å². The van der Waals surface area contributed by atoms with E-state index >= 15 is 0 Å². The normalized spacial score (nSPS) is 11.9. The third-order valence-corrected chi connectivity index (χ3v) is 6.00. The van der Waals surface area contributed by atoms with Crippen molar-refractivity contribution in [2.24, 2.45) is 0 Å². The van der Waals surface area contributed by atoms with E-state index in [0.29, 0.717) is 35.3 Å². The number of nitrogens with one attached hydrogen (secondary N) is 1. The van der Waals surface area contributed by atoms with E-state index in [9.17, 15) is 10.1 Å². The van der Waals surface area contributed by atoms with Crippen LogP contribution >= 0.6 is 34.2 Å². The number of benzene rings is 3. The highest BCUT2D eigenvalue weighted by atomic mass is 127. The number of halogens is 2. The molecule has 0 spiro atoms. The van der Waals surface area contributed by atoms with Gasteiger partial charge in [-0.25, -0.2) is 0 Å². The summed E-state index contributed by atoms with van der Waals surface area (Å²) < 4.78 is 12.6. The third-order valence-electron chi connectivity index (χ3n) is 4.95. The van der Waals surface area contributed by atoms with Crippen LogP contribution < -0.4 is 14.8 Å². The fourth-order valence-corrected chi connectivity index (χ4v) is 4.13. The van der Waals surface area contributed by atoms with Crippen molar-refractivity contribution in [3.8, 4) is 17.6 Å². The van der Waals surface area contributed by atoms with E-state index in [1.165, 1.54) is 0 Å². The van der Waals surface area contributed by atoms with Crippen molar-refractivity contribution in [1.29, 1.82) is 5.26 Å². The summed E-state index contributed by atoms with van der Waals surface area (Å²) >= 11 is 8.12. The van der Waals surface area contributed by atoms with Crippen LogP contribution in [0.1, 0.15) is 36.6 Å². The Bertz CT molecular complexity index is 1210. The van der Waals surface area contributed by atoms with E-state index in [0.717, 1.165) is 14.7 Å². The Morgan fingerprint density at radius 2 is 1.85 bits per heavy atom. The Balaban J connectivity index is 1.81. The second kappa shape index (κ2) is 12.4. The largest absolute Gasteiger partial charge is 0.490 e. The van der Waals surface area contributed by atoms with Crippen molar-refractivity contribution in [2.75, 3.05) is 6.61 Å². The number of ether oxygens (including phenoxy) is 2. The molecule has 1 amide bonds. The molecule has 0 saturated carbocycles. The first-order valence-corrected chi connectivity index (χ1v) is 12.2. The van der Waals surface area contributed by atoms with E-state index < -0.39 is 5.91 Å². The highest BCUT2D eigenvalue weighted by Gasteiger charge is 2.16. The maximum Gasteiger partial charge on any atom is 0.262 e. The first-order chi connectivity index (χ1) is 16.4. The molecule has 3 rings (SSSR count). The maximum absolute atomic E-state index is 12.7. The Hall–Kier alpha value is -3.02. The highest BCUT2D eigenvalue weighted by Crippen LogP contribution is 2.35. The lowest BCUT2D eigenvalue weighted by Gasteiger charge is -2.16. The van der Waals surface area contributed by atoms with Gasteiger partial charge >= 0.3 is 0 Å². The van der Waals surface area contributed by atoms with Crippen LogP contribution in [-0.4, -0.2) is 12.5 Å². The predicted molar refractivity (Wildman–Crippen MR) is 143 cm³/mol. The van der Waals surface area contributed by atoms with Crippen LogP contribution in [0.4, 0.5) is 0 Å². The van der Waals surface area contributed by atoms with Gasteiger partial charge in [0.25, 0.3) is 5.91 Å². The molecule has 1 atom stereocenters. The van der Waals surface area contributed by atoms with E-state index in [4.69, 9.17) is 21.1 Å². The number of nitrogens with zero attached hydrogens (tertiary/aromatic N) is 1. The zero-order valence-electron chi connectivity index (χ0n) is 18.8. The third kappa shape index (κ3) is 6.99. The Morgan fingerprint density at radius 3 is 2.50 bits per heavy atom. The monoisotopic (exact) mass is 586 g/mol. The first-order valence-electron chi connectivity index (χ1n) is 10.7. The van der Waals surface area contributed by atoms with Gasteiger partial charge in [-0.1, -0.05) is 54.1 Å². The summed E-state index contributed by atoms with van der Waals surface area (Å²) in [6, 6.07) is 22.4. The minimum absolute atomic E-state index is 0.0101. The van der Waals surface area contributed by atoms with Crippen molar-refractivity contribution in [3.63, 3.8) is 0 Å². The summed E-state index contributed by atoms with van der Waals surface area (Å²) in [5.41, 5.74) is 2.62. The lowest BCUT2D eigenvalue weighted by Crippen LogP contribution is -2.27. The first kappa shape index (κ1) is 25.6. The number of amides is 1. The van der Waals surface area contributed by atoms with Gasteiger partial charge in [0.2, 0.25) is 0 Å². The Kier molecular flexibility index (Phi) is 9.37. The molecular weight excluding hydrogens is 563 g/mol. The molecule has 0 aromatic heterocycles. The molecule has 1 N–H and O–H groups in total. The van der Waals surface area contributed by atoms with Gasteiger partial charge in [0, 0.05) is 5.02 Å². The molecule has 7 heteroatoms. The molecule has 0 aliphatic rings. The molecule has 34 heavy (non-hydrogen) atoms. The summed E-state index contributed by atoms with van der Waals surface area (Å²) in [7, 11) is 0. The fraction of sp³-hybridized carbons (Fsp3) is 0.185. The number of rotatable bonds is 9. The number of carbonyl (C=O) groups is 1. The lowest BCUT2D eigenvalue weighted by molar-refractivity contribution is -0.117. The molecule has 0 saturated heterocycles. The van der Waals surface area contributed by atoms with E-state index in [-0.39, 0.29) is 11.6 Å². The second-order valence-corrected chi connectivity index (χ2v) is 9.05. The SMILES string of the molecule is CCOc1cc(/C=C(/C#N)C(=O)N[C@H](C)c2ccccc2)cc(I)c1OCc1ccc(Cl)cc1. The van der Waals surface area contributed by atoms with E-state index in [1.807, 2.05) is 80.6 Å². The molecule has 0 bridgehead atoms. The standard InChI is InChI=1S/C27H24ClIN2O3/c1-3-33-25-15-20(14-24(29)26(25)34-17-19-9-11-23(28)12-10-19)13-22(16-30)27(32)31-18(2)21-7-5-4-6-8-21/h4-15,18H,3,17H2,1-2H3,(H,31,32)/b22-13-/t18-/m1/s1. The molecule has 174 valence electrons. The minimum Gasteiger partial charge on any atom is -0.490 e. The quantitative estimate of drug-likeness (QED) is 0.172. The second-order valence-electron chi connectivity index (χ2n) is 7.45. The van der Waals surface area contributed by atoms with E-state index in [2.05, 4.69) is 27.9 Å². The predicted octanol–water partition coefficient (Wildman–Crippen LogP) is 6.71. The van der Waals surface area contributed by atoms with Crippen LogP contribution in [0, 0.1) is 14.9 Å². The highest BCUT2D eigenvalue weighted by molar-refractivity contribution is 14.1. The summed E-state index contributed by atoms with van der Waals surface area (Å²) in [4.78, 5) is 12.7. The molecule has 0 fully saturated rings. The molecule has 3 aromatic carbocycles. The van der Waals surface area contributed by atoms with Crippen molar-refractivity contribution >= 4 is 46.2 Å². The van der Waals surface area contributed by atoms with Gasteiger partial charge in [-0.3, -0.25) is 4.79 Å². The van der Waals surface area contributed by atoms with Crippen LogP contribution in [-0.2, 0) is 11.4 Å². The van der Waals surface area contributed by atoms with Crippen molar-refractivity contribution in [3.05, 3.63) is 97.6 Å². The van der Waals surface area contributed by atoms with Gasteiger partial charge in [-0.2, -0.15) is 5.26 Å².